The minimum atomic E-state index is 0.492. The molecular formula is C12H15N3OS2. The van der Waals surface area contributed by atoms with Gasteiger partial charge in [0.15, 0.2) is 4.34 Å². The first-order valence-corrected chi connectivity index (χ1v) is 7.28. The van der Waals surface area contributed by atoms with Crippen molar-refractivity contribution in [2.75, 3.05) is 7.11 Å². The van der Waals surface area contributed by atoms with Crippen LogP contribution in [0.2, 0.25) is 0 Å². The summed E-state index contributed by atoms with van der Waals surface area (Å²) in [7, 11) is 1.67. The SMILES string of the molecule is COc1cc(CSc2nc(C)ns2)ccc1CN. The van der Waals surface area contributed by atoms with Crippen molar-refractivity contribution in [1.29, 1.82) is 0 Å². The van der Waals surface area contributed by atoms with E-state index in [1.54, 1.807) is 18.9 Å². The number of nitrogens with zero attached hydrogens (tertiary/aromatic N) is 2. The molecule has 0 bridgehead atoms. The Morgan fingerprint density at radius 3 is 2.89 bits per heavy atom. The van der Waals surface area contributed by atoms with Gasteiger partial charge in [0.1, 0.15) is 11.6 Å². The Balaban J connectivity index is 2.05. The lowest BCUT2D eigenvalue weighted by Crippen LogP contribution is -2.00. The Hall–Kier alpha value is -1.11. The van der Waals surface area contributed by atoms with Crippen molar-refractivity contribution in [1.82, 2.24) is 9.36 Å². The predicted molar refractivity (Wildman–Crippen MR) is 75.1 cm³/mol. The van der Waals surface area contributed by atoms with Gasteiger partial charge in [0.25, 0.3) is 0 Å². The van der Waals surface area contributed by atoms with Crippen LogP contribution in [-0.4, -0.2) is 16.5 Å². The molecule has 1 aromatic carbocycles. The Kier molecular flexibility index (Phi) is 4.57. The van der Waals surface area contributed by atoms with Crippen LogP contribution in [-0.2, 0) is 12.3 Å². The van der Waals surface area contributed by atoms with E-state index < -0.39 is 0 Å². The van der Waals surface area contributed by atoms with Gasteiger partial charge in [-0.1, -0.05) is 23.9 Å². The van der Waals surface area contributed by atoms with Crippen LogP contribution < -0.4 is 10.5 Å². The molecule has 0 aliphatic carbocycles. The van der Waals surface area contributed by atoms with Crippen LogP contribution in [0.5, 0.6) is 5.75 Å². The summed E-state index contributed by atoms with van der Waals surface area (Å²) >= 11 is 3.12. The molecule has 6 heteroatoms. The summed E-state index contributed by atoms with van der Waals surface area (Å²) in [5.41, 5.74) is 7.86. The molecule has 1 aromatic heterocycles. The Bertz CT molecular complexity index is 528. The number of benzene rings is 1. The fraction of sp³-hybridized carbons (Fsp3) is 0.333. The van der Waals surface area contributed by atoms with Crippen LogP contribution in [0.4, 0.5) is 0 Å². The molecule has 96 valence electrons. The van der Waals surface area contributed by atoms with Crippen LogP contribution in [0.15, 0.2) is 22.5 Å². The second-order valence-corrected chi connectivity index (χ2v) is 5.72. The lowest BCUT2D eigenvalue weighted by molar-refractivity contribution is 0.409. The van der Waals surface area contributed by atoms with E-state index in [0.29, 0.717) is 6.54 Å². The molecule has 0 aliphatic heterocycles. The Morgan fingerprint density at radius 2 is 2.28 bits per heavy atom. The minimum absolute atomic E-state index is 0.492. The van der Waals surface area contributed by atoms with Crippen LogP contribution in [0.25, 0.3) is 0 Å². The van der Waals surface area contributed by atoms with Crippen LogP contribution in [0.3, 0.4) is 0 Å². The van der Waals surface area contributed by atoms with Gasteiger partial charge >= 0.3 is 0 Å². The number of hydrogen-bond donors (Lipinski definition) is 1. The summed E-state index contributed by atoms with van der Waals surface area (Å²) in [5.74, 6) is 2.54. The molecule has 0 saturated heterocycles. The second-order valence-electron chi connectivity index (χ2n) is 3.75. The fourth-order valence-electron chi connectivity index (χ4n) is 1.53. The first kappa shape index (κ1) is 13.3. The number of ether oxygens (including phenoxy) is 1. The molecule has 0 radical (unpaired) electrons. The molecule has 0 aliphatic rings. The van der Waals surface area contributed by atoms with Crippen molar-refractivity contribution in [2.24, 2.45) is 5.73 Å². The highest BCUT2D eigenvalue weighted by atomic mass is 32.2. The number of hydrogen-bond acceptors (Lipinski definition) is 6. The number of nitrogens with two attached hydrogens (primary N) is 1. The van der Waals surface area contributed by atoms with Crippen molar-refractivity contribution in [3.63, 3.8) is 0 Å². The summed E-state index contributed by atoms with van der Waals surface area (Å²) < 4.78 is 10.5. The quantitative estimate of drug-likeness (QED) is 0.854. The standard InChI is InChI=1S/C12H15N3OS2/c1-8-14-12(18-15-8)17-7-9-3-4-10(6-13)11(5-9)16-2/h3-5H,6-7,13H2,1-2H3. The highest BCUT2D eigenvalue weighted by molar-refractivity contribution is 8.00. The Morgan fingerprint density at radius 1 is 1.44 bits per heavy atom. The summed E-state index contributed by atoms with van der Waals surface area (Å²) in [6.07, 6.45) is 0. The molecule has 0 amide bonds. The molecule has 0 unspecified atom stereocenters. The summed E-state index contributed by atoms with van der Waals surface area (Å²) in [5, 5.41) is 0. The number of rotatable bonds is 5. The molecule has 0 saturated carbocycles. The van der Waals surface area contributed by atoms with Gasteiger partial charge in [0.2, 0.25) is 0 Å². The maximum Gasteiger partial charge on any atom is 0.170 e. The lowest BCUT2D eigenvalue weighted by Gasteiger charge is -2.08. The normalized spacial score (nSPS) is 10.6. The van der Waals surface area contributed by atoms with Crippen molar-refractivity contribution in [2.45, 2.75) is 23.6 Å². The molecule has 2 N–H and O–H groups in total. The molecule has 1 heterocycles. The molecule has 2 rings (SSSR count). The molecule has 0 spiro atoms. The molecule has 0 atom stereocenters. The number of methoxy groups -OCH3 is 1. The van der Waals surface area contributed by atoms with E-state index in [0.717, 1.165) is 27.2 Å². The van der Waals surface area contributed by atoms with Crippen LogP contribution >= 0.6 is 23.3 Å². The van der Waals surface area contributed by atoms with Gasteiger partial charge in [-0.2, -0.15) is 4.37 Å². The van der Waals surface area contributed by atoms with Gasteiger partial charge < -0.3 is 10.5 Å². The maximum atomic E-state index is 5.64. The topological polar surface area (TPSA) is 61.0 Å². The Labute approximate surface area is 115 Å². The van der Waals surface area contributed by atoms with Gasteiger partial charge in [-0.15, -0.1) is 0 Å². The highest BCUT2D eigenvalue weighted by Crippen LogP contribution is 2.27. The number of aryl methyl sites for hydroxylation is 1. The smallest absolute Gasteiger partial charge is 0.170 e. The zero-order valence-electron chi connectivity index (χ0n) is 10.3. The molecule has 4 nitrogen and oxygen atoms in total. The molecule has 0 fully saturated rings. The summed E-state index contributed by atoms with van der Waals surface area (Å²) in [6, 6.07) is 6.12. The molecular weight excluding hydrogens is 266 g/mol. The van der Waals surface area contributed by atoms with Crippen LogP contribution in [0.1, 0.15) is 17.0 Å². The maximum absolute atomic E-state index is 5.64. The predicted octanol–water partition coefficient (Wildman–Crippen LogP) is 2.61. The molecule has 2 aromatic rings. The lowest BCUT2D eigenvalue weighted by atomic mass is 10.1. The van der Waals surface area contributed by atoms with Crippen LogP contribution in [0, 0.1) is 6.92 Å². The third-order valence-corrected chi connectivity index (χ3v) is 4.44. The van der Waals surface area contributed by atoms with Crippen molar-refractivity contribution in [3.8, 4) is 5.75 Å². The first-order valence-electron chi connectivity index (χ1n) is 5.52. The van der Waals surface area contributed by atoms with Crippen molar-refractivity contribution >= 4 is 23.3 Å². The summed E-state index contributed by atoms with van der Waals surface area (Å²) in [6.45, 7) is 2.39. The van der Waals surface area contributed by atoms with E-state index >= 15 is 0 Å². The zero-order valence-corrected chi connectivity index (χ0v) is 12.0. The third kappa shape index (κ3) is 3.22. The van der Waals surface area contributed by atoms with E-state index in [4.69, 9.17) is 10.5 Å². The fourth-order valence-corrected chi connectivity index (χ4v) is 3.12. The van der Waals surface area contributed by atoms with E-state index in [-0.39, 0.29) is 0 Å². The summed E-state index contributed by atoms with van der Waals surface area (Å²) in [4.78, 5) is 4.32. The van der Waals surface area contributed by atoms with E-state index in [1.165, 1.54) is 17.1 Å². The van der Waals surface area contributed by atoms with E-state index in [9.17, 15) is 0 Å². The second kappa shape index (κ2) is 6.17. The minimum Gasteiger partial charge on any atom is -0.496 e. The van der Waals surface area contributed by atoms with E-state index in [2.05, 4.69) is 15.4 Å². The average Bonchev–Trinajstić information content (AvgIpc) is 2.81. The first-order chi connectivity index (χ1) is 8.72. The van der Waals surface area contributed by atoms with Gasteiger partial charge in [-0.05, 0) is 30.1 Å². The average molecular weight is 281 g/mol. The largest absolute Gasteiger partial charge is 0.496 e. The van der Waals surface area contributed by atoms with E-state index in [1.807, 2.05) is 19.1 Å². The van der Waals surface area contributed by atoms with Crippen molar-refractivity contribution < 1.29 is 4.74 Å². The van der Waals surface area contributed by atoms with Crippen molar-refractivity contribution in [3.05, 3.63) is 35.2 Å². The number of aromatic nitrogens is 2. The van der Waals surface area contributed by atoms with Gasteiger partial charge in [-0.25, -0.2) is 4.98 Å². The zero-order chi connectivity index (χ0) is 13.0. The monoisotopic (exact) mass is 281 g/mol. The molecule has 18 heavy (non-hydrogen) atoms. The third-order valence-electron chi connectivity index (χ3n) is 2.44. The van der Waals surface area contributed by atoms with Gasteiger partial charge in [-0.3, -0.25) is 0 Å². The number of thioether (sulfide) groups is 1. The van der Waals surface area contributed by atoms with Gasteiger partial charge in [0, 0.05) is 17.9 Å². The van der Waals surface area contributed by atoms with Gasteiger partial charge in [0.05, 0.1) is 7.11 Å². The highest BCUT2D eigenvalue weighted by Gasteiger charge is 2.05.